The van der Waals surface area contributed by atoms with E-state index in [4.69, 9.17) is 16.3 Å². The van der Waals surface area contributed by atoms with E-state index in [0.29, 0.717) is 23.0 Å². The minimum atomic E-state index is -0.948. The Balaban J connectivity index is 2.56. The molecule has 2 rings (SSSR count). The molecule has 0 aliphatic carbocycles. The summed E-state index contributed by atoms with van der Waals surface area (Å²) in [7, 11) is 0. The number of nitrogens with one attached hydrogen (secondary N) is 2. The summed E-state index contributed by atoms with van der Waals surface area (Å²) in [4.78, 5) is 41.9. The van der Waals surface area contributed by atoms with Crippen LogP contribution < -0.4 is 10.6 Å². The number of amides is 3. The number of nitrogens with zero attached hydrogens (tertiary/aromatic N) is 1. The fourth-order valence-corrected chi connectivity index (χ4v) is 4.63. The molecule has 0 radical (unpaired) electrons. The van der Waals surface area contributed by atoms with Crippen molar-refractivity contribution < 1.29 is 19.1 Å². The van der Waals surface area contributed by atoms with Gasteiger partial charge in [0.1, 0.15) is 18.2 Å². The van der Waals surface area contributed by atoms with Crippen LogP contribution in [-0.2, 0) is 14.3 Å². The van der Waals surface area contributed by atoms with Crippen LogP contribution in [0.2, 0.25) is 5.02 Å². The topological polar surface area (TPSA) is 87.7 Å². The maximum atomic E-state index is 14.1. The predicted octanol–water partition coefficient (Wildman–Crippen LogP) is 7.12. The molecule has 2 atom stereocenters. The highest BCUT2D eigenvalue weighted by molar-refractivity contribution is 6.34. The summed E-state index contributed by atoms with van der Waals surface area (Å²) in [6.07, 6.45) is 0.871. The number of anilines is 1. The molecule has 214 valence electrons. The van der Waals surface area contributed by atoms with Crippen LogP contribution in [-0.4, -0.2) is 41.0 Å². The number of halogens is 1. The van der Waals surface area contributed by atoms with E-state index < -0.39 is 17.7 Å². The van der Waals surface area contributed by atoms with Crippen LogP contribution in [0.1, 0.15) is 82.7 Å². The molecule has 8 heteroatoms. The molecule has 0 spiro atoms. The molecule has 7 nitrogen and oxygen atoms in total. The molecule has 2 unspecified atom stereocenters. The Morgan fingerprint density at radius 1 is 0.974 bits per heavy atom. The van der Waals surface area contributed by atoms with Crippen molar-refractivity contribution in [3.63, 3.8) is 0 Å². The molecular weight excluding hydrogens is 514 g/mol. The Morgan fingerprint density at radius 2 is 1.64 bits per heavy atom. The van der Waals surface area contributed by atoms with Crippen LogP contribution in [0.4, 0.5) is 10.5 Å². The molecule has 0 heterocycles. The first kappa shape index (κ1) is 32.2. The average Bonchev–Trinajstić information content (AvgIpc) is 2.82. The summed E-state index contributed by atoms with van der Waals surface area (Å²) in [5.41, 5.74) is 3.19. The number of rotatable bonds is 10. The van der Waals surface area contributed by atoms with Crippen molar-refractivity contribution in [2.75, 3.05) is 11.9 Å². The number of aryl methyl sites for hydroxylation is 3. The van der Waals surface area contributed by atoms with Crippen molar-refractivity contribution in [2.45, 2.75) is 92.8 Å². The van der Waals surface area contributed by atoms with Crippen molar-refractivity contribution in [2.24, 2.45) is 5.92 Å². The quantitative estimate of drug-likeness (QED) is 0.325. The van der Waals surface area contributed by atoms with E-state index in [9.17, 15) is 14.4 Å². The highest BCUT2D eigenvalue weighted by atomic mass is 35.5. The van der Waals surface area contributed by atoms with Gasteiger partial charge in [-0.25, -0.2) is 4.79 Å². The molecule has 0 bridgehead atoms. The van der Waals surface area contributed by atoms with Gasteiger partial charge in [-0.15, -0.1) is 0 Å². The third kappa shape index (κ3) is 9.57. The molecule has 3 amide bonds. The van der Waals surface area contributed by atoms with Crippen molar-refractivity contribution in [3.8, 4) is 0 Å². The second kappa shape index (κ2) is 13.8. The Hall–Kier alpha value is -3.06. The first-order valence-electron chi connectivity index (χ1n) is 13.5. The van der Waals surface area contributed by atoms with Gasteiger partial charge in [-0.3, -0.25) is 9.59 Å². The van der Waals surface area contributed by atoms with Crippen LogP contribution in [0.3, 0.4) is 0 Å². The molecule has 2 N–H and O–H groups in total. The maximum Gasteiger partial charge on any atom is 0.408 e. The zero-order chi connectivity index (χ0) is 29.5. The fourth-order valence-electron chi connectivity index (χ4n) is 4.36. The van der Waals surface area contributed by atoms with Gasteiger partial charge in [0.25, 0.3) is 5.91 Å². The molecule has 0 aliphatic rings. The molecule has 2 aromatic rings. The van der Waals surface area contributed by atoms with Gasteiger partial charge in [0.2, 0.25) is 5.91 Å². The van der Waals surface area contributed by atoms with Gasteiger partial charge in [0.05, 0.1) is 10.7 Å². The average molecular weight is 558 g/mol. The van der Waals surface area contributed by atoms with Crippen molar-refractivity contribution in [1.82, 2.24) is 10.2 Å². The lowest BCUT2D eigenvalue weighted by atomic mass is 9.94. The van der Waals surface area contributed by atoms with Crippen LogP contribution >= 0.6 is 11.6 Å². The second-order valence-corrected chi connectivity index (χ2v) is 12.1. The van der Waals surface area contributed by atoms with Gasteiger partial charge >= 0.3 is 6.09 Å². The van der Waals surface area contributed by atoms with Crippen molar-refractivity contribution in [3.05, 3.63) is 63.7 Å². The number of carbonyl (C=O) groups excluding carboxylic acids is 3. The highest BCUT2D eigenvalue weighted by Crippen LogP contribution is 2.32. The molecule has 0 saturated heterocycles. The Labute approximate surface area is 238 Å². The summed E-state index contributed by atoms with van der Waals surface area (Å²) in [5.74, 6) is -0.334. The lowest BCUT2D eigenvalue weighted by Crippen LogP contribution is -2.50. The summed E-state index contributed by atoms with van der Waals surface area (Å²) < 4.78 is 5.33. The standard InChI is InChI=1S/C31H44ClN3O4/c1-19(2)13-16-23(6)35(26(36)18-33-30(38)39-31(7,8)9)28(24-17-20(3)14-15-21(24)4)29(37)34-27-22(5)11-10-12-25(27)32/h10-12,14-15,17,19,23,28H,13,16,18H2,1-9H3,(H,33,38)(H,34,37). The third-order valence-corrected chi connectivity index (χ3v) is 6.75. The fraction of sp³-hybridized carbons (Fsp3) is 0.516. The molecule has 39 heavy (non-hydrogen) atoms. The SMILES string of the molecule is Cc1ccc(C)c(C(C(=O)Nc2c(C)cccc2Cl)N(C(=O)CNC(=O)OC(C)(C)C)C(C)CCC(C)C)c1. The van der Waals surface area contributed by atoms with Crippen LogP contribution in [0.5, 0.6) is 0 Å². The normalized spacial score (nSPS) is 13.0. The first-order valence-corrected chi connectivity index (χ1v) is 13.9. The largest absolute Gasteiger partial charge is 0.444 e. The Morgan fingerprint density at radius 3 is 2.23 bits per heavy atom. The summed E-state index contributed by atoms with van der Waals surface area (Å²) in [6.45, 7) is 16.9. The second-order valence-electron chi connectivity index (χ2n) is 11.7. The van der Waals surface area contributed by atoms with Gasteiger partial charge in [-0.1, -0.05) is 61.3 Å². The van der Waals surface area contributed by atoms with Gasteiger partial charge < -0.3 is 20.3 Å². The zero-order valence-corrected chi connectivity index (χ0v) is 25.5. The minimum Gasteiger partial charge on any atom is -0.444 e. The van der Waals surface area contributed by atoms with Crippen LogP contribution in [0, 0.1) is 26.7 Å². The number of hydrogen-bond donors (Lipinski definition) is 2. The van der Waals surface area contributed by atoms with Crippen LogP contribution in [0.15, 0.2) is 36.4 Å². The molecule has 0 aromatic heterocycles. The Bertz CT molecular complexity index is 1150. The van der Waals surface area contributed by atoms with E-state index in [-0.39, 0.29) is 24.4 Å². The van der Waals surface area contributed by atoms with Gasteiger partial charge in [0, 0.05) is 6.04 Å². The number of benzene rings is 2. The smallest absolute Gasteiger partial charge is 0.408 e. The monoisotopic (exact) mass is 557 g/mol. The highest BCUT2D eigenvalue weighted by Gasteiger charge is 2.36. The number of para-hydroxylation sites is 1. The summed E-state index contributed by atoms with van der Waals surface area (Å²) >= 11 is 6.45. The lowest BCUT2D eigenvalue weighted by molar-refractivity contribution is -0.141. The Kier molecular flexibility index (Phi) is 11.4. The van der Waals surface area contributed by atoms with E-state index in [2.05, 4.69) is 24.5 Å². The third-order valence-electron chi connectivity index (χ3n) is 6.43. The zero-order valence-electron chi connectivity index (χ0n) is 24.8. The predicted molar refractivity (Wildman–Crippen MR) is 158 cm³/mol. The minimum absolute atomic E-state index is 0.289. The van der Waals surface area contributed by atoms with E-state index in [1.54, 1.807) is 31.7 Å². The number of ether oxygens (including phenoxy) is 1. The molecule has 2 aromatic carbocycles. The van der Waals surface area contributed by atoms with Crippen molar-refractivity contribution >= 4 is 35.2 Å². The van der Waals surface area contributed by atoms with E-state index in [0.717, 1.165) is 28.7 Å². The molecule has 0 fully saturated rings. The van der Waals surface area contributed by atoms with Crippen molar-refractivity contribution in [1.29, 1.82) is 0 Å². The summed E-state index contributed by atoms with van der Waals surface area (Å²) in [6, 6.07) is 10.0. The van der Waals surface area contributed by atoms with Gasteiger partial charge in [0.15, 0.2) is 0 Å². The van der Waals surface area contributed by atoms with E-state index >= 15 is 0 Å². The first-order chi connectivity index (χ1) is 18.1. The van der Waals surface area contributed by atoms with Gasteiger partial charge in [-0.05, 0) is 90.0 Å². The molecule has 0 saturated carbocycles. The molecular formula is C31H44ClN3O4. The lowest BCUT2D eigenvalue weighted by Gasteiger charge is -2.37. The van der Waals surface area contributed by atoms with Crippen LogP contribution in [0.25, 0.3) is 0 Å². The number of alkyl carbamates (subject to hydrolysis) is 1. The number of carbonyl (C=O) groups is 3. The van der Waals surface area contributed by atoms with E-state index in [1.807, 2.05) is 58.0 Å². The number of hydrogen-bond acceptors (Lipinski definition) is 4. The summed E-state index contributed by atoms with van der Waals surface area (Å²) in [5, 5.41) is 5.99. The maximum absolute atomic E-state index is 14.1. The van der Waals surface area contributed by atoms with Gasteiger partial charge in [-0.2, -0.15) is 0 Å². The van der Waals surface area contributed by atoms with E-state index in [1.165, 1.54) is 0 Å². The molecule has 0 aliphatic heterocycles.